The molecular weight excluding hydrogens is 184 g/mol. The minimum Gasteiger partial charge on any atom is -0.382 e. The average Bonchev–Trinajstić information content (AvgIpc) is 2.02. The molecule has 0 aromatic heterocycles. The maximum atomic E-state index is 11.5. The van der Waals surface area contributed by atoms with E-state index in [2.05, 4.69) is 5.32 Å². The first-order chi connectivity index (χ1) is 6.47. The second-order valence-electron chi connectivity index (χ2n) is 4.00. The first kappa shape index (κ1) is 11.0. The summed E-state index contributed by atoms with van der Waals surface area (Å²) in [6.45, 7) is 4.73. The fraction of sp³-hybridized carbons (Fsp3) is 0.778. The zero-order valence-corrected chi connectivity index (χ0v) is 8.79. The highest BCUT2D eigenvalue weighted by molar-refractivity contribution is 5.96. The Morgan fingerprint density at radius 2 is 2.14 bits per heavy atom. The molecule has 0 bridgehead atoms. The van der Waals surface area contributed by atoms with Gasteiger partial charge in [0.1, 0.15) is 0 Å². The van der Waals surface area contributed by atoms with Crippen molar-refractivity contribution in [3.05, 3.63) is 0 Å². The van der Waals surface area contributed by atoms with Crippen LogP contribution in [-0.4, -0.2) is 42.6 Å². The molecule has 1 N–H and O–H groups in total. The molecule has 3 amide bonds. The normalized spacial score (nSPS) is 18.4. The number of imide groups is 1. The number of hydrogen-bond donors (Lipinski definition) is 1. The SMILES string of the molecule is COCC(C)(C)N1CCC(=O)NC1=O. The maximum absolute atomic E-state index is 11.5. The molecule has 0 radical (unpaired) electrons. The van der Waals surface area contributed by atoms with Gasteiger partial charge in [-0.15, -0.1) is 0 Å². The van der Waals surface area contributed by atoms with Crippen molar-refractivity contribution in [2.75, 3.05) is 20.3 Å². The summed E-state index contributed by atoms with van der Waals surface area (Å²) in [5, 5.41) is 2.29. The van der Waals surface area contributed by atoms with Gasteiger partial charge in [-0.2, -0.15) is 0 Å². The van der Waals surface area contributed by atoms with Crippen molar-refractivity contribution < 1.29 is 14.3 Å². The minimum absolute atomic E-state index is 0.209. The first-order valence-corrected chi connectivity index (χ1v) is 4.58. The molecule has 1 aliphatic rings. The molecule has 1 saturated heterocycles. The van der Waals surface area contributed by atoms with Crippen molar-refractivity contribution in [2.24, 2.45) is 0 Å². The second kappa shape index (κ2) is 3.96. The fourth-order valence-electron chi connectivity index (χ4n) is 1.57. The van der Waals surface area contributed by atoms with Crippen LogP contribution in [0.2, 0.25) is 0 Å². The van der Waals surface area contributed by atoms with Gasteiger partial charge < -0.3 is 9.64 Å². The van der Waals surface area contributed by atoms with Crippen molar-refractivity contribution in [3.8, 4) is 0 Å². The molecule has 1 fully saturated rings. The molecule has 0 unspecified atom stereocenters. The third-order valence-corrected chi connectivity index (χ3v) is 2.28. The standard InChI is InChI=1S/C9H16N2O3/c1-9(2,6-14-3)11-5-4-7(12)10-8(11)13/h4-6H2,1-3H3,(H,10,12,13). The highest BCUT2D eigenvalue weighted by Gasteiger charge is 2.34. The van der Waals surface area contributed by atoms with E-state index in [-0.39, 0.29) is 17.5 Å². The minimum atomic E-state index is -0.375. The molecule has 1 aliphatic heterocycles. The van der Waals surface area contributed by atoms with E-state index in [1.165, 1.54) is 0 Å². The molecule has 0 saturated carbocycles. The maximum Gasteiger partial charge on any atom is 0.324 e. The molecule has 80 valence electrons. The van der Waals surface area contributed by atoms with E-state index < -0.39 is 0 Å². The van der Waals surface area contributed by atoms with Crippen LogP contribution in [0.5, 0.6) is 0 Å². The Bertz CT molecular complexity index is 250. The lowest BCUT2D eigenvalue weighted by Crippen LogP contribution is -2.59. The van der Waals surface area contributed by atoms with Crippen LogP contribution >= 0.6 is 0 Å². The van der Waals surface area contributed by atoms with Gasteiger partial charge in [0.15, 0.2) is 0 Å². The third kappa shape index (κ3) is 2.23. The Balaban J connectivity index is 2.68. The van der Waals surface area contributed by atoms with Gasteiger partial charge in [0.25, 0.3) is 0 Å². The average molecular weight is 200 g/mol. The summed E-state index contributed by atoms with van der Waals surface area (Å²) in [7, 11) is 1.59. The summed E-state index contributed by atoms with van der Waals surface area (Å²) in [6, 6.07) is -0.330. The van der Waals surface area contributed by atoms with E-state index in [0.29, 0.717) is 19.6 Å². The zero-order chi connectivity index (χ0) is 10.8. The Hall–Kier alpha value is -1.10. The van der Waals surface area contributed by atoms with Gasteiger partial charge in [0, 0.05) is 20.1 Å². The lowest BCUT2D eigenvalue weighted by molar-refractivity contribution is -0.122. The van der Waals surface area contributed by atoms with Gasteiger partial charge in [-0.05, 0) is 13.8 Å². The van der Waals surface area contributed by atoms with Crippen LogP contribution in [0.25, 0.3) is 0 Å². The summed E-state index contributed by atoms with van der Waals surface area (Å²) in [5.41, 5.74) is -0.375. The van der Waals surface area contributed by atoms with Crippen molar-refractivity contribution in [3.63, 3.8) is 0 Å². The molecule has 0 aromatic rings. The summed E-state index contributed by atoms with van der Waals surface area (Å²) < 4.78 is 5.03. The number of urea groups is 1. The molecular formula is C9H16N2O3. The quantitative estimate of drug-likeness (QED) is 0.715. The number of methoxy groups -OCH3 is 1. The second-order valence-corrected chi connectivity index (χ2v) is 4.00. The molecule has 0 spiro atoms. The van der Waals surface area contributed by atoms with E-state index in [4.69, 9.17) is 4.74 Å². The van der Waals surface area contributed by atoms with Crippen LogP contribution in [0.15, 0.2) is 0 Å². The smallest absolute Gasteiger partial charge is 0.324 e. The molecule has 1 heterocycles. The molecule has 1 rings (SSSR count). The molecule has 0 aliphatic carbocycles. The van der Waals surface area contributed by atoms with Gasteiger partial charge >= 0.3 is 6.03 Å². The van der Waals surface area contributed by atoms with E-state index in [1.807, 2.05) is 13.8 Å². The summed E-state index contributed by atoms with van der Waals surface area (Å²) >= 11 is 0. The fourth-order valence-corrected chi connectivity index (χ4v) is 1.57. The van der Waals surface area contributed by atoms with E-state index in [0.717, 1.165) is 0 Å². The number of carbonyl (C=O) groups is 2. The topological polar surface area (TPSA) is 58.6 Å². The van der Waals surface area contributed by atoms with Gasteiger partial charge in [-0.25, -0.2) is 4.79 Å². The third-order valence-electron chi connectivity index (χ3n) is 2.28. The first-order valence-electron chi connectivity index (χ1n) is 4.58. The summed E-state index contributed by atoms with van der Waals surface area (Å²) in [5.74, 6) is -0.209. The van der Waals surface area contributed by atoms with Gasteiger partial charge in [-0.3, -0.25) is 10.1 Å². The predicted octanol–water partition coefficient (Wildman–Crippen LogP) is 0.353. The molecule has 0 aromatic carbocycles. The number of carbonyl (C=O) groups excluding carboxylic acids is 2. The molecule has 14 heavy (non-hydrogen) atoms. The van der Waals surface area contributed by atoms with Crippen molar-refractivity contribution in [1.82, 2.24) is 10.2 Å². The summed E-state index contributed by atoms with van der Waals surface area (Å²) in [4.78, 5) is 24.0. The van der Waals surface area contributed by atoms with Crippen molar-refractivity contribution >= 4 is 11.9 Å². The van der Waals surface area contributed by atoms with Crippen LogP contribution < -0.4 is 5.32 Å². The van der Waals surface area contributed by atoms with E-state index in [1.54, 1.807) is 12.0 Å². The summed E-state index contributed by atoms with van der Waals surface area (Å²) in [6.07, 6.45) is 0.360. The molecule has 5 nitrogen and oxygen atoms in total. The van der Waals surface area contributed by atoms with E-state index >= 15 is 0 Å². The number of amides is 3. The Morgan fingerprint density at radius 3 is 2.64 bits per heavy atom. The van der Waals surface area contributed by atoms with E-state index in [9.17, 15) is 9.59 Å². The lowest BCUT2D eigenvalue weighted by Gasteiger charge is -2.39. The number of nitrogens with zero attached hydrogens (tertiary/aromatic N) is 1. The largest absolute Gasteiger partial charge is 0.382 e. The van der Waals surface area contributed by atoms with Crippen molar-refractivity contribution in [2.45, 2.75) is 25.8 Å². The lowest BCUT2D eigenvalue weighted by atomic mass is 10.0. The van der Waals surface area contributed by atoms with Crippen LogP contribution in [-0.2, 0) is 9.53 Å². The van der Waals surface area contributed by atoms with Gasteiger partial charge in [-0.1, -0.05) is 0 Å². The van der Waals surface area contributed by atoms with Crippen LogP contribution in [0.1, 0.15) is 20.3 Å². The van der Waals surface area contributed by atoms with Gasteiger partial charge in [0.2, 0.25) is 5.91 Å². The monoisotopic (exact) mass is 200 g/mol. The van der Waals surface area contributed by atoms with Crippen LogP contribution in [0.4, 0.5) is 4.79 Å². The Labute approximate surface area is 83.4 Å². The van der Waals surface area contributed by atoms with Crippen LogP contribution in [0, 0.1) is 0 Å². The number of rotatable bonds is 3. The number of ether oxygens (including phenoxy) is 1. The Kier molecular flexibility index (Phi) is 3.10. The molecule has 0 atom stereocenters. The van der Waals surface area contributed by atoms with Gasteiger partial charge in [0.05, 0.1) is 12.1 Å². The highest BCUT2D eigenvalue weighted by atomic mass is 16.5. The van der Waals surface area contributed by atoms with Crippen LogP contribution in [0.3, 0.4) is 0 Å². The van der Waals surface area contributed by atoms with Crippen molar-refractivity contribution in [1.29, 1.82) is 0 Å². The zero-order valence-electron chi connectivity index (χ0n) is 8.79. The predicted molar refractivity (Wildman–Crippen MR) is 50.8 cm³/mol. The number of hydrogen-bond acceptors (Lipinski definition) is 3. The molecule has 5 heteroatoms. The Morgan fingerprint density at radius 1 is 1.50 bits per heavy atom. The highest BCUT2D eigenvalue weighted by Crippen LogP contribution is 2.17. The number of nitrogens with one attached hydrogen (secondary N) is 1.